The number of rotatable bonds is 5. The number of fused-ring (bicyclic) bond motifs is 1. The summed E-state index contributed by atoms with van der Waals surface area (Å²) in [7, 11) is 0. The average Bonchev–Trinajstić information content (AvgIpc) is 2.95. The van der Waals surface area contributed by atoms with Crippen LogP contribution in [-0.2, 0) is 6.42 Å². The van der Waals surface area contributed by atoms with Crippen LogP contribution in [0, 0.1) is 0 Å². The molecule has 5 nitrogen and oxygen atoms in total. The van der Waals surface area contributed by atoms with Crippen LogP contribution >= 0.6 is 11.6 Å². The van der Waals surface area contributed by atoms with Crippen molar-refractivity contribution in [2.24, 2.45) is 0 Å². The second-order valence-electron chi connectivity index (χ2n) is 4.44. The van der Waals surface area contributed by atoms with Gasteiger partial charge in [-0.3, -0.25) is 0 Å². The number of halogens is 1. The summed E-state index contributed by atoms with van der Waals surface area (Å²) >= 11 is 5.73. The molecule has 0 atom stereocenters. The minimum atomic E-state index is 0.654. The molecule has 0 aliphatic rings. The average molecular weight is 288 g/mol. The van der Waals surface area contributed by atoms with E-state index in [9.17, 15) is 0 Å². The van der Waals surface area contributed by atoms with Gasteiger partial charge < -0.3 is 10.3 Å². The summed E-state index contributed by atoms with van der Waals surface area (Å²) in [6, 6.07) is 8.24. The van der Waals surface area contributed by atoms with E-state index in [4.69, 9.17) is 11.6 Å². The lowest BCUT2D eigenvalue weighted by atomic mass is 10.1. The zero-order chi connectivity index (χ0) is 13.8. The monoisotopic (exact) mass is 287 g/mol. The van der Waals surface area contributed by atoms with E-state index in [1.807, 2.05) is 12.1 Å². The molecular formula is C14H14ClN5. The van der Waals surface area contributed by atoms with E-state index in [2.05, 4.69) is 37.4 Å². The van der Waals surface area contributed by atoms with E-state index in [0.717, 1.165) is 29.9 Å². The number of hydrogen-bond donors (Lipinski definition) is 2. The first-order chi connectivity index (χ1) is 9.86. The van der Waals surface area contributed by atoms with E-state index in [0.29, 0.717) is 11.5 Å². The van der Waals surface area contributed by atoms with E-state index in [1.54, 1.807) is 6.33 Å². The number of hydrogen-bond acceptors (Lipinski definition) is 4. The van der Waals surface area contributed by atoms with Crippen molar-refractivity contribution in [2.45, 2.75) is 12.8 Å². The fourth-order valence-electron chi connectivity index (χ4n) is 2.07. The minimum Gasteiger partial charge on any atom is -0.340 e. The highest BCUT2D eigenvalue weighted by molar-refractivity contribution is 6.17. The maximum Gasteiger partial charge on any atom is 0.182 e. The lowest BCUT2D eigenvalue weighted by molar-refractivity contribution is 0.929. The van der Waals surface area contributed by atoms with Crippen molar-refractivity contribution >= 4 is 34.3 Å². The van der Waals surface area contributed by atoms with Crippen molar-refractivity contribution in [1.82, 2.24) is 19.9 Å². The summed E-state index contributed by atoms with van der Waals surface area (Å²) < 4.78 is 0. The molecule has 3 aromatic rings. The largest absolute Gasteiger partial charge is 0.340 e. The summed E-state index contributed by atoms with van der Waals surface area (Å²) in [5, 5.41) is 3.29. The van der Waals surface area contributed by atoms with Crippen molar-refractivity contribution in [3.05, 3.63) is 42.5 Å². The Morgan fingerprint density at radius 3 is 3.05 bits per heavy atom. The highest BCUT2D eigenvalue weighted by Gasteiger charge is 2.06. The number of H-pyrrole nitrogens is 1. The van der Waals surface area contributed by atoms with Gasteiger partial charge in [-0.1, -0.05) is 12.1 Å². The van der Waals surface area contributed by atoms with Gasteiger partial charge in [0.05, 0.1) is 6.33 Å². The van der Waals surface area contributed by atoms with Crippen molar-refractivity contribution in [1.29, 1.82) is 0 Å². The Kier molecular flexibility index (Phi) is 3.78. The first kappa shape index (κ1) is 12.9. The molecule has 0 unspecified atom stereocenters. The molecule has 0 aliphatic heterocycles. The second kappa shape index (κ2) is 5.88. The molecule has 0 radical (unpaired) electrons. The zero-order valence-corrected chi connectivity index (χ0v) is 11.6. The van der Waals surface area contributed by atoms with Crippen molar-refractivity contribution in [3.63, 3.8) is 0 Å². The van der Waals surface area contributed by atoms with E-state index in [1.165, 1.54) is 11.9 Å². The van der Waals surface area contributed by atoms with Gasteiger partial charge in [0.2, 0.25) is 0 Å². The van der Waals surface area contributed by atoms with E-state index in [-0.39, 0.29) is 0 Å². The Balaban J connectivity index is 1.85. The van der Waals surface area contributed by atoms with Crippen molar-refractivity contribution < 1.29 is 0 Å². The molecule has 102 valence electrons. The number of benzene rings is 1. The molecule has 0 bridgehead atoms. The number of aryl methyl sites for hydroxylation is 1. The molecule has 20 heavy (non-hydrogen) atoms. The summed E-state index contributed by atoms with van der Waals surface area (Å²) in [4.78, 5) is 15.5. The molecule has 2 aromatic heterocycles. The third-order valence-electron chi connectivity index (χ3n) is 3.01. The summed E-state index contributed by atoms with van der Waals surface area (Å²) in [6.45, 7) is 0. The molecule has 0 saturated carbocycles. The SMILES string of the molecule is ClCCCc1cccc(Nc2ncnc3nc[nH]c23)c1. The number of alkyl halides is 1. The molecule has 0 saturated heterocycles. The van der Waals surface area contributed by atoms with Gasteiger partial charge in [-0.25, -0.2) is 15.0 Å². The van der Waals surface area contributed by atoms with Gasteiger partial charge in [-0.05, 0) is 30.5 Å². The number of imidazole rings is 1. The first-order valence-corrected chi connectivity index (χ1v) is 6.96. The molecule has 0 fully saturated rings. The molecule has 2 N–H and O–H groups in total. The Bertz CT molecular complexity index is 709. The van der Waals surface area contributed by atoms with Gasteiger partial charge in [-0.15, -0.1) is 11.6 Å². The van der Waals surface area contributed by atoms with E-state index < -0.39 is 0 Å². The molecule has 2 heterocycles. The Labute approximate surface area is 121 Å². The maximum atomic E-state index is 5.73. The molecular weight excluding hydrogens is 274 g/mol. The number of nitrogens with zero attached hydrogens (tertiary/aromatic N) is 3. The highest BCUT2D eigenvalue weighted by atomic mass is 35.5. The van der Waals surface area contributed by atoms with Crippen molar-refractivity contribution in [3.8, 4) is 0 Å². The number of aromatic amines is 1. The summed E-state index contributed by atoms with van der Waals surface area (Å²) in [5.74, 6) is 1.40. The molecule has 0 aliphatic carbocycles. The predicted molar refractivity (Wildman–Crippen MR) is 80.4 cm³/mol. The summed E-state index contributed by atoms with van der Waals surface area (Å²) in [5.41, 5.74) is 3.71. The third kappa shape index (κ3) is 2.72. The van der Waals surface area contributed by atoms with Gasteiger partial charge >= 0.3 is 0 Å². The number of nitrogens with one attached hydrogen (secondary N) is 2. The quantitative estimate of drug-likeness (QED) is 0.707. The number of aromatic nitrogens is 4. The van der Waals surface area contributed by atoms with Crippen LogP contribution in [0.15, 0.2) is 36.9 Å². The van der Waals surface area contributed by atoms with Crippen LogP contribution in [0.25, 0.3) is 11.2 Å². The van der Waals surface area contributed by atoms with Crippen LogP contribution in [0.5, 0.6) is 0 Å². The fraction of sp³-hybridized carbons (Fsp3) is 0.214. The summed E-state index contributed by atoms with van der Waals surface area (Å²) in [6.07, 6.45) is 5.07. The van der Waals surface area contributed by atoms with Gasteiger partial charge in [-0.2, -0.15) is 0 Å². The molecule has 6 heteroatoms. The maximum absolute atomic E-state index is 5.73. The van der Waals surface area contributed by atoms with Gasteiger partial charge in [0, 0.05) is 11.6 Å². The standard InChI is InChI=1S/C14H14ClN5/c15-6-2-4-10-3-1-5-11(7-10)20-14-12-13(17-8-16-12)18-9-19-14/h1,3,5,7-9H,2,4,6H2,(H2,16,17,18,19,20). The first-order valence-electron chi connectivity index (χ1n) is 6.43. The fourth-order valence-corrected chi connectivity index (χ4v) is 2.21. The van der Waals surface area contributed by atoms with E-state index >= 15 is 0 Å². The topological polar surface area (TPSA) is 66.5 Å². The molecule has 1 aromatic carbocycles. The van der Waals surface area contributed by atoms with Crippen LogP contribution in [0.1, 0.15) is 12.0 Å². The van der Waals surface area contributed by atoms with Crippen LogP contribution in [0.4, 0.5) is 11.5 Å². The van der Waals surface area contributed by atoms with Crippen LogP contribution in [0.2, 0.25) is 0 Å². The highest BCUT2D eigenvalue weighted by Crippen LogP contribution is 2.21. The van der Waals surface area contributed by atoms with Crippen molar-refractivity contribution in [2.75, 3.05) is 11.2 Å². The molecule has 3 rings (SSSR count). The number of anilines is 2. The lowest BCUT2D eigenvalue weighted by Gasteiger charge is -2.07. The molecule has 0 spiro atoms. The van der Waals surface area contributed by atoms with Crippen LogP contribution in [-0.4, -0.2) is 25.8 Å². The smallest absolute Gasteiger partial charge is 0.182 e. The zero-order valence-electron chi connectivity index (χ0n) is 10.8. The Hall–Kier alpha value is -2.14. The lowest BCUT2D eigenvalue weighted by Crippen LogP contribution is -1.97. The Morgan fingerprint density at radius 1 is 1.20 bits per heavy atom. The van der Waals surface area contributed by atoms with Gasteiger partial charge in [0.15, 0.2) is 11.5 Å². The second-order valence-corrected chi connectivity index (χ2v) is 4.82. The Morgan fingerprint density at radius 2 is 2.15 bits per heavy atom. The predicted octanol–water partition coefficient (Wildman–Crippen LogP) is 3.27. The third-order valence-corrected chi connectivity index (χ3v) is 3.28. The molecule has 0 amide bonds. The van der Waals surface area contributed by atoms with Gasteiger partial charge in [0.25, 0.3) is 0 Å². The normalized spacial score (nSPS) is 10.8. The minimum absolute atomic E-state index is 0.654. The van der Waals surface area contributed by atoms with Crippen LogP contribution < -0.4 is 5.32 Å². The van der Waals surface area contributed by atoms with Gasteiger partial charge in [0.1, 0.15) is 11.8 Å². The van der Waals surface area contributed by atoms with Crippen LogP contribution in [0.3, 0.4) is 0 Å².